The zero-order valence-electron chi connectivity index (χ0n) is 47.4. The smallest absolute Gasteiger partial charge is 0.0184 e. The lowest BCUT2D eigenvalue weighted by Gasteiger charge is -1.92. The van der Waals surface area contributed by atoms with Gasteiger partial charge in [0.25, 0.3) is 0 Å². The van der Waals surface area contributed by atoms with E-state index in [1.807, 2.05) is 69.2 Å². The highest BCUT2D eigenvalue weighted by Crippen LogP contribution is 2.14. The first kappa shape index (κ1) is 90.4. The van der Waals surface area contributed by atoms with Crippen LogP contribution in [-0.4, -0.2) is 10.5 Å². The lowest BCUT2D eigenvalue weighted by atomic mass is 10.1. The predicted octanol–water partition coefficient (Wildman–Crippen LogP) is 26.2. The third-order valence-electron chi connectivity index (χ3n) is 8.63. The number of rotatable bonds is 4. The first-order valence-corrected chi connectivity index (χ1v) is 26.6. The van der Waals surface area contributed by atoms with Crippen LogP contribution < -0.4 is 0 Å². The fourth-order valence-electron chi connectivity index (χ4n) is 4.53. The van der Waals surface area contributed by atoms with Gasteiger partial charge in [-0.2, -0.15) is 0 Å². The van der Waals surface area contributed by atoms with Crippen molar-refractivity contribution in [2.45, 2.75) is 206 Å². The van der Waals surface area contributed by atoms with E-state index in [0.717, 1.165) is 0 Å². The van der Waals surface area contributed by atoms with Gasteiger partial charge in [-0.1, -0.05) is 405 Å². The molecule has 0 saturated heterocycles. The fourth-order valence-corrected chi connectivity index (χ4v) is 4.53. The summed E-state index contributed by atoms with van der Waals surface area (Å²) in [6.45, 7) is 37.4. The van der Waals surface area contributed by atoms with Gasteiger partial charge in [-0.05, 0) is 43.1 Å². The van der Waals surface area contributed by atoms with Crippen molar-refractivity contribution >= 4 is 43.1 Å². The zero-order chi connectivity index (χ0) is 53.6. The SMILES string of the molecule is C.C.C.C.CC.CC.CC.CC.CC.CCCC.CCCC.CCCC.CCCC.OOO.c1ccc2ccccc2c1.c1ccc2ccccc2c1.c1ccc2ccccc2c1.c1ccc2ccccc2c1. The Morgan fingerprint density at radius 3 is 0.301 bits per heavy atom. The summed E-state index contributed by atoms with van der Waals surface area (Å²) in [7, 11) is 0. The molecule has 8 aromatic rings. The molecule has 2 N–H and O–H groups in total. The van der Waals surface area contributed by atoms with Crippen molar-refractivity contribution in [1.82, 2.24) is 0 Å². The van der Waals surface area contributed by atoms with Crippen molar-refractivity contribution < 1.29 is 15.6 Å². The number of hydrogen-bond donors (Lipinski definition) is 2. The Labute approximate surface area is 456 Å². The Hall–Kier alpha value is -5.32. The molecule has 0 aromatic heterocycles. The Bertz CT molecular complexity index is 1520. The number of benzene rings is 8. The third kappa shape index (κ3) is 55.8. The van der Waals surface area contributed by atoms with Crippen LogP contribution in [0.4, 0.5) is 0 Å². The van der Waals surface area contributed by atoms with Crippen LogP contribution in [0.2, 0.25) is 0 Å². The minimum Gasteiger partial charge on any atom is -0.221 e. The van der Waals surface area contributed by atoms with Crippen molar-refractivity contribution in [2.75, 3.05) is 0 Å². The number of fused-ring (bicyclic) bond motifs is 4. The summed E-state index contributed by atoms with van der Waals surface area (Å²) in [5.74, 6) is 0. The van der Waals surface area contributed by atoms with Crippen LogP contribution in [0.25, 0.3) is 43.1 Å². The predicted molar refractivity (Wildman–Crippen MR) is 348 cm³/mol. The molecule has 0 aliphatic rings. The molecule has 8 aromatic carbocycles. The molecule has 0 atom stereocenters. The maximum Gasteiger partial charge on any atom is -0.0184 e. The molecule has 0 fully saturated rings. The first-order chi connectivity index (χ1) is 33.9. The topological polar surface area (TPSA) is 49.7 Å². The van der Waals surface area contributed by atoms with Crippen LogP contribution in [0.15, 0.2) is 194 Å². The summed E-state index contributed by atoms with van der Waals surface area (Å²) in [5, 5.41) is 26.0. The van der Waals surface area contributed by atoms with Crippen LogP contribution in [0, 0.1) is 0 Å². The molecule has 0 unspecified atom stereocenters. The van der Waals surface area contributed by atoms with Crippen molar-refractivity contribution in [3.05, 3.63) is 194 Å². The maximum absolute atomic E-state index is 6.62. The third-order valence-corrected chi connectivity index (χ3v) is 8.63. The molecular formula is C70H120O3. The van der Waals surface area contributed by atoms with E-state index in [2.05, 4.69) is 255 Å². The molecule has 418 valence electrons. The fraction of sp³-hybridized carbons (Fsp3) is 0.429. The van der Waals surface area contributed by atoms with E-state index in [-0.39, 0.29) is 29.7 Å². The second kappa shape index (κ2) is 80.8. The van der Waals surface area contributed by atoms with Gasteiger partial charge >= 0.3 is 0 Å². The van der Waals surface area contributed by atoms with E-state index in [0.29, 0.717) is 0 Å². The monoisotopic (exact) mass is 1010 g/mol. The van der Waals surface area contributed by atoms with Gasteiger partial charge < -0.3 is 0 Å². The van der Waals surface area contributed by atoms with E-state index in [1.54, 1.807) is 0 Å². The molecule has 3 nitrogen and oxygen atoms in total. The first-order valence-electron chi connectivity index (χ1n) is 26.6. The summed E-state index contributed by atoms with van der Waals surface area (Å²) in [6.07, 6.45) is 10.6. The van der Waals surface area contributed by atoms with E-state index in [4.69, 9.17) is 10.5 Å². The van der Waals surface area contributed by atoms with Gasteiger partial charge in [0.1, 0.15) is 0 Å². The van der Waals surface area contributed by atoms with Crippen LogP contribution in [0.5, 0.6) is 0 Å². The summed E-state index contributed by atoms with van der Waals surface area (Å²) in [5.41, 5.74) is 0. The molecule has 0 radical (unpaired) electrons. The summed E-state index contributed by atoms with van der Waals surface area (Å²) < 4.78 is 0. The second-order valence-electron chi connectivity index (χ2n) is 13.5. The van der Waals surface area contributed by atoms with Gasteiger partial charge in [-0.3, -0.25) is 0 Å². The average Bonchev–Trinajstić information content (AvgIpc) is 3.46. The van der Waals surface area contributed by atoms with Gasteiger partial charge in [0.2, 0.25) is 0 Å². The minimum absolute atomic E-state index is 0. The van der Waals surface area contributed by atoms with Crippen molar-refractivity contribution in [1.29, 1.82) is 0 Å². The maximum atomic E-state index is 6.62. The average molecular weight is 1010 g/mol. The van der Waals surface area contributed by atoms with Gasteiger partial charge in [-0.15, -0.1) is 0 Å². The lowest BCUT2D eigenvalue weighted by Crippen LogP contribution is -1.67. The van der Waals surface area contributed by atoms with E-state index >= 15 is 0 Å². The highest BCUT2D eigenvalue weighted by Gasteiger charge is 1.88. The van der Waals surface area contributed by atoms with E-state index in [9.17, 15) is 0 Å². The Kier molecular flexibility index (Phi) is 100. The normalized spacial score (nSPS) is 7.78. The van der Waals surface area contributed by atoms with Gasteiger partial charge in [0.15, 0.2) is 0 Å². The molecule has 8 rings (SSSR count). The lowest BCUT2D eigenvalue weighted by molar-refractivity contribution is -0.465. The summed E-state index contributed by atoms with van der Waals surface area (Å²) in [4.78, 5) is 0. The van der Waals surface area contributed by atoms with Crippen molar-refractivity contribution in [3.63, 3.8) is 0 Å². The molecule has 0 spiro atoms. The van der Waals surface area contributed by atoms with Gasteiger partial charge in [0.05, 0.1) is 0 Å². The molecule has 73 heavy (non-hydrogen) atoms. The molecule has 0 aliphatic carbocycles. The highest BCUT2D eigenvalue weighted by molar-refractivity contribution is 5.84. The molecular weight excluding hydrogens is 889 g/mol. The standard InChI is InChI=1S/4C10H8.4C4H10.5C2H6.4CH4.H2O3/c4*1-2-6-10-8-4-3-7-9(10)5-1;4*1-3-4-2;5*1-2;;;;;1-3-2/h4*1-8H;4*3-4H2,1-2H3;5*1-2H3;4*1H4;1-2H. The van der Waals surface area contributed by atoms with E-state index in [1.165, 1.54) is 94.5 Å². The van der Waals surface area contributed by atoms with Crippen LogP contribution in [0.1, 0.15) is 206 Å². The van der Waals surface area contributed by atoms with Gasteiger partial charge in [-0.25, -0.2) is 10.5 Å². The highest BCUT2D eigenvalue weighted by atomic mass is 17.4. The minimum atomic E-state index is 0. The second-order valence-corrected chi connectivity index (χ2v) is 13.5. The van der Waals surface area contributed by atoms with Crippen molar-refractivity contribution in [2.24, 2.45) is 0 Å². The zero-order valence-corrected chi connectivity index (χ0v) is 47.4. The summed E-state index contributed by atoms with van der Waals surface area (Å²) >= 11 is 0. The molecule has 0 aliphatic heterocycles. The number of unbranched alkanes of at least 4 members (excludes halogenated alkanes) is 4. The molecule has 0 bridgehead atoms. The quantitative estimate of drug-likeness (QED) is 0.136. The Morgan fingerprint density at radius 2 is 0.260 bits per heavy atom. The van der Waals surface area contributed by atoms with Crippen LogP contribution in [-0.2, 0) is 5.04 Å². The largest absolute Gasteiger partial charge is 0.221 e. The van der Waals surface area contributed by atoms with Crippen LogP contribution >= 0.6 is 0 Å². The molecule has 0 saturated carbocycles. The molecule has 3 heteroatoms. The number of hydrogen-bond acceptors (Lipinski definition) is 3. The van der Waals surface area contributed by atoms with E-state index < -0.39 is 0 Å². The molecule has 0 heterocycles. The Morgan fingerprint density at radius 1 is 0.205 bits per heavy atom. The molecule has 0 amide bonds. The summed E-state index contributed by atoms with van der Waals surface area (Å²) in [6, 6.07) is 66.9. The van der Waals surface area contributed by atoms with Gasteiger partial charge in [0, 0.05) is 0 Å². The Balaban J connectivity index is -0.0000000765. The van der Waals surface area contributed by atoms with Crippen LogP contribution in [0.3, 0.4) is 0 Å². The van der Waals surface area contributed by atoms with Crippen molar-refractivity contribution in [3.8, 4) is 0 Å².